The van der Waals surface area contributed by atoms with Crippen LogP contribution in [-0.2, 0) is 0 Å². The van der Waals surface area contributed by atoms with Crippen molar-refractivity contribution in [1.82, 2.24) is 9.97 Å². The monoisotopic (exact) mass is 501 g/mol. The Hall–Kier alpha value is -4.53. The summed E-state index contributed by atoms with van der Waals surface area (Å²) in [7, 11) is 1.60. The number of halogens is 2. The summed E-state index contributed by atoms with van der Waals surface area (Å²) in [6, 6.07) is 19.6. The highest BCUT2D eigenvalue weighted by molar-refractivity contribution is 6.07. The average molecular weight is 502 g/mol. The van der Waals surface area contributed by atoms with Crippen molar-refractivity contribution in [3.8, 4) is 17.1 Å². The maximum atomic E-state index is 14.3. The smallest absolute Gasteiger partial charge is 0.261 e. The number of nitrogens with zero attached hydrogens (tertiary/aromatic N) is 4. The van der Waals surface area contributed by atoms with E-state index in [4.69, 9.17) is 9.72 Å². The summed E-state index contributed by atoms with van der Waals surface area (Å²) in [6.07, 6.45) is 1.50. The molecule has 0 unspecified atom stereocenters. The molecule has 1 aliphatic rings. The number of nitrogens with one attached hydrogen (secondary N) is 1. The Balaban J connectivity index is 1.44. The summed E-state index contributed by atoms with van der Waals surface area (Å²) in [4.78, 5) is 26.4. The maximum absolute atomic E-state index is 14.3. The Morgan fingerprint density at radius 3 is 2.24 bits per heavy atom. The van der Waals surface area contributed by atoms with E-state index in [9.17, 15) is 13.6 Å². The van der Waals surface area contributed by atoms with Gasteiger partial charge in [0.05, 0.1) is 12.8 Å². The van der Waals surface area contributed by atoms with Crippen LogP contribution in [0.25, 0.3) is 11.4 Å². The largest absolute Gasteiger partial charge is 0.497 e. The number of anilines is 3. The molecule has 1 saturated heterocycles. The van der Waals surface area contributed by atoms with Gasteiger partial charge in [0.2, 0.25) is 0 Å². The van der Waals surface area contributed by atoms with Gasteiger partial charge < -0.3 is 19.9 Å². The predicted molar refractivity (Wildman–Crippen MR) is 139 cm³/mol. The summed E-state index contributed by atoms with van der Waals surface area (Å²) in [5, 5.41) is 2.79. The third-order valence-corrected chi connectivity index (χ3v) is 6.24. The molecule has 0 radical (unpaired) electrons. The summed E-state index contributed by atoms with van der Waals surface area (Å²) in [6.45, 7) is 2.18. The molecule has 1 amide bonds. The Labute approximate surface area is 213 Å². The van der Waals surface area contributed by atoms with Crippen molar-refractivity contribution in [1.29, 1.82) is 0 Å². The van der Waals surface area contributed by atoms with E-state index in [0.717, 1.165) is 5.56 Å². The molecule has 4 aromatic rings. The second kappa shape index (κ2) is 10.6. The summed E-state index contributed by atoms with van der Waals surface area (Å²) < 4.78 is 32.9. The highest BCUT2D eigenvalue weighted by Gasteiger charge is 2.25. The SMILES string of the molecule is COc1ccc(-c2ncc(C(=O)Nc3ccc(F)cc3)c(N3CCN(c4ccccc4F)CC3)n2)cc1. The van der Waals surface area contributed by atoms with Crippen LogP contribution in [0.15, 0.2) is 79.0 Å². The van der Waals surface area contributed by atoms with Gasteiger partial charge >= 0.3 is 0 Å². The van der Waals surface area contributed by atoms with Crippen molar-refractivity contribution < 1.29 is 18.3 Å². The molecule has 0 atom stereocenters. The average Bonchev–Trinajstić information content (AvgIpc) is 2.94. The maximum Gasteiger partial charge on any atom is 0.261 e. The van der Waals surface area contributed by atoms with Crippen molar-refractivity contribution in [2.45, 2.75) is 0 Å². The number of hydrogen-bond donors (Lipinski definition) is 1. The molecule has 0 bridgehead atoms. The van der Waals surface area contributed by atoms with Crippen LogP contribution in [0.1, 0.15) is 10.4 Å². The van der Waals surface area contributed by atoms with Crippen LogP contribution < -0.4 is 19.9 Å². The van der Waals surface area contributed by atoms with E-state index in [1.807, 2.05) is 40.1 Å². The van der Waals surface area contributed by atoms with E-state index < -0.39 is 11.7 Å². The number of amides is 1. The van der Waals surface area contributed by atoms with E-state index in [2.05, 4.69) is 10.3 Å². The Kier molecular flexibility index (Phi) is 6.93. The van der Waals surface area contributed by atoms with Gasteiger partial charge in [-0.15, -0.1) is 0 Å². The molecule has 7 nitrogen and oxygen atoms in total. The topological polar surface area (TPSA) is 70.6 Å². The van der Waals surface area contributed by atoms with Crippen molar-refractivity contribution >= 4 is 23.1 Å². The van der Waals surface area contributed by atoms with Crippen LogP contribution in [0.2, 0.25) is 0 Å². The van der Waals surface area contributed by atoms with E-state index in [1.54, 1.807) is 19.2 Å². The first-order valence-corrected chi connectivity index (χ1v) is 11.8. The Bertz CT molecular complexity index is 1390. The molecule has 0 aliphatic carbocycles. The fraction of sp³-hybridized carbons (Fsp3) is 0.179. The first-order valence-electron chi connectivity index (χ1n) is 11.8. The van der Waals surface area contributed by atoms with Crippen molar-refractivity contribution in [3.05, 3.63) is 96.2 Å². The highest BCUT2D eigenvalue weighted by atomic mass is 19.1. The van der Waals surface area contributed by atoms with Crippen LogP contribution in [0, 0.1) is 11.6 Å². The number of rotatable bonds is 6. The molecule has 1 N–H and O–H groups in total. The minimum atomic E-state index is -0.403. The first-order chi connectivity index (χ1) is 18.0. The molecular formula is C28H25F2N5O2. The lowest BCUT2D eigenvalue weighted by Gasteiger charge is -2.37. The number of carbonyl (C=O) groups excluding carboxylic acids is 1. The third-order valence-electron chi connectivity index (χ3n) is 6.24. The van der Waals surface area contributed by atoms with Crippen LogP contribution in [-0.4, -0.2) is 49.2 Å². The number of carbonyl (C=O) groups is 1. The van der Waals surface area contributed by atoms with Gasteiger partial charge in [0.25, 0.3) is 5.91 Å². The van der Waals surface area contributed by atoms with Crippen LogP contribution >= 0.6 is 0 Å². The predicted octanol–water partition coefficient (Wildman–Crippen LogP) is 5.01. The molecule has 1 fully saturated rings. The summed E-state index contributed by atoms with van der Waals surface area (Å²) in [5.74, 6) is 0.599. The fourth-order valence-corrected chi connectivity index (χ4v) is 4.25. The molecule has 0 spiro atoms. The molecule has 1 aromatic heterocycles. The number of methoxy groups -OCH3 is 1. The van der Waals surface area contributed by atoms with Gasteiger partial charge in [-0.25, -0.2) is 18.7 Å². The number of para-hydroxylation sites is 1. The van der Waals surface area contributed by atoms with Crippen molar-refractivity contribution in [2.24, 2.45) is 0 Å². The molecule has 188 valence electrons. The molecule has 37 heavy (non-hydrogen) atoms. The number of benzene rings is 3. The van der Waals surface area contributed by atoms with Gasteiger partial charge in [-0.05, 0) is 60.7 Å². The van der Waals surface area contributed by atoms with Gasteiger partial charge in [0.15, 0.2) is 5.82 Å². The third kappa shape index (κ3) is 5.35. The Morgan fingerprint density at radius 1 is 0.892 bits per heavy atom. The normalized spacial score (nSPS) is 13.4. The molecule has 9 heteroatoms. The van der Waals surface area contributed by atoms with Gasteiger partial charge in [-0.2, -0.15) is 0 Å². The molecule has 0 saturated carbocycles. The van der Waals surface area contributed by atoms with Gasteiger partial charge in [0.1, 0.15) is 28.8 Å². The summed E-state index contributed by atoms with van der Waals surface area (Å²) >= 11 is 0. The zero-order valence-corrected chi connectivity index (χ0v) is 20.2. The standard InChI is InChI=1S/C28H25F2N5O2/c1-37-22-12-6-19(7-13-22)26-31-18-23(28(36)32-21-10-8-20(29)9-11-21)27(33-26)35-16-14-34(15-17-35)25-5-3-2-4-24(25)30/h2-13,18H,14-17H2,1H3,(H,32,36). The minimum Gasteiger partial charge on any atom is -0.497 e. The quantitative estimate of drug-likeness (QED) is 0.401. The van der Waals surface area contributed by atoms with Gasteiger partial charge in [-0.3, -0.25) is 4.79 Å². The lowest BCUT2D eigenvalue weighted by Crippen LogP contribution is -2.47. The molecule has 1 aliphatic heterocycles. The molecule has 5 rings (SSSR count). The second-order valence-electron chi connectivity index (χ2n) is 8.55. The van der Waals surface area contributed by atoms with Gasteiger partial charge in [0, 0.05) is 43.6 Å². The summed E-state index contributed by atoms with van der Waals surface area (Å²) in [5.41, 5.74) is 2.08. The zero-order chi connectivity index (χ0) is 25.8. The Morgan fingerprint density at radius 2 is 1.57 bits per heavy atom. The first kappa shape index (κ1) is 24.2. The number of piperazine rings is 1. The second-order valence-corrected chi connectivity index (χ2v) is 8.55. The van der Waals surface area contributed by atoms with E-state index >= 15 is 0 Å². The van der Waals surface area contributed by atoms with E-state index in [0.29, 0.717) is 60.5 Å². The zero-order valence-electron chi connectivity index (χ0n) is 20.2. The van der Waals surface area contributed by atoms with Crippen molar-refractivity contribution in [3.63, 3.8) is 0 Å². The van der Waals surface area contributed by atoms with Crippen LogP contribution in [0.3, 0.4) is 0 Å². The fourth-order valence-electron chi connectivity index (χ4n) is 4.25. The minimum absolute atomic E-state index is 0.265. The number of ether oxygens (including phenoxy) is 1. The lowest BCUT2D eigenvalue weighted by atomic mass is 10.1. The van der Waals surface area contributed by atoms with Crippen molar-refractivity contribution in [2.75, 3.05) is 48.4 Å². The van der Waals surface area contributed by atoms with Crippen LogP contribution in [0.5, 0.6) is 5.75 Å². The van der Waals surface area contributed by atoms with E-state index in [-0.39, 0.29) is 5.82 Å². The van der Waals surface area contributed by atoms with E-state index in [1.165, 1.54) is 36.5 Å². The number of hydrogen-bond acceptors (Lipinski definition) is 6. The number of aromatic nitrogens is 2. The molecular weight excluding hydrogens is 476 g/mol. The molecule has 3 aromatic carbocycles. The lowest BCUT2D eigenvalue weighted by molar-refractivity contribution is 0.102. The van der Waals surface area contributed by atoms with Crippen LogP contribution in [0.4, 0.5) is 26.0 Å². The van der Waals surface area contributed by atoms with Gasteiger partial charge in [-0.1, -0.05) is 12.1 Å². The molecule has 2 heterocycles. The highest BCUT2D eigenvalue weighted by Crippen LogP contribution is 2.27.